The molecule has 122 valence electrons. The van der Waals surface area contributed by atoms with Gasteiger partial charge in [-0.05, 0) is 35.8 Å². The zero-order valence-electron chi connectivity index (χ0n) is 13.3. The predicted molar refractivity (Wildman–Crippen MR) is 95.3 cm³/mol. The number of methoxy groups -OCH3 is 1. The van der Waals surface area contributed by atoms with Crippen LogP contribution in [0.2, 0.25) is 0 Å². The fraction of sp³-hybridized carbons (Fsp3) is 0.150. The summed E-state index contributed by atoms with van der Waals surface area (Å²) in [6.45, 7) is 0.395. The minimum Gasteiger partial charge on any atom is -0.488 e. The third-order valence-corrected chi connectivity index (χ3v) is 4.16. The zero-order valence-corrected chi connectivity index (χ0v) is 14.0. The van der Waals surface area contributed by atoms with Crippen molar-refractivity contribution in [3.05, 3.63) is 82.4 Å². The number of carbonyl (C=O) groups is 1. The quantitative estimate of drug-likeness (QED) is 0.765. The van der Waals surface area contributed by atoms with Gasteiger partial charge >= 0.3 is 5.97 Å². The standard InChI is InChI=1S/C20H17ClO3/c1-23-20(22)16-7-8-19-18(11-16)17(10-15(12-21)13-24-19)9-14-5-3-2-4-6-14/h2-8,10-12H,9,13H2,1H3/b15-12-. The Labute approximate surface area is 146 Å². The van der Waals surface area contributed by atoms with Gasteiger partial charge in [0, 0.05) is 16.7 Å². The van der Waals surface area contributed by atoms with E-state index in [1.807, 2.05) is 30.3 Å². The molecule has 2 aromatic carbocycles. The molecule has 3 nitrogen and oxygen atoms in total. The molecule has 0 aliphatic carbocycles. The number of halogens is 1. The second-order valence-corrected chi connectivity index (χ2v) is 5.73. The molecule has 0 fully saturated rings. The molecule has 0 spiro atoms. The molecular weight excluding hydrogens is 324 g/mol. The van der Waals surface area contributed by atoms with Crippen LogP contribution >= 0.6 is 11.6 Å². The van der Waals surface area contributed by atoms with E-state index in [2.05, 4.69) is 12.1 Å². The number of fused-ring (bicyclic) bond motifs is 1. The van der Waals surface area contributed by atoms with Gasteiger partial charge in [0.25, 0.3) is 0 Å². The summed E-state index contributed by atoms with van der Waals surface area (Å²) in [4.78, 5) is 11.9. The first kappa shape index (κ1) is 16.3. The Morgan fingerprint density at radius 1 is 1.25 bits per heavy atom. The summed E-state index contributed by atoms with van der Waals surface area (Å²) in [6.07, 6.45) is 2.74. The summed E-state index contributed by atoms with van der Waals surface area (Å²) in [5, 5.41) is 0. The average molecular weight is 341 g/mol. The monoisotopic (exact) mass is 340 g/mol. The Bertz CT molecular complexity index is 807. The summed E-state index contributed by atoms with van der Waals surface area (Å²) < 4.78 is 10.7. The predicted octanol–water partition coefficient (Wildman–Crippen LogP) is 4.61. The van der Waals surface area contributed by atoms with E-state index in [-0.39, 0.29) is 5.97 Å². The molecule has 1 aliphatic heterocycles. The lowest BCUT2D eigenvalue weighted by atomic mass is 9.95. The molecular formula is C20H17ClO3. The van der Waals surface area contributed by atoms with E-state index in [0.29, 0.717) is 12.2 Å². The summed E-state index contributed by atoms with van der Waals surface area (Å²) in [6, 6.07) is 15.5. The smallest absolute Gasteiger partial charge is 0.337 e. The van der Waals surface area contributed by atoms with Crippen molar-refractivity contribution in [2.75, 3.05) is 13.7 Å². The van der Waals surface area contributed by atoms with Gasteiger partial charge in [-0.25, -0.2) is 4.79 Å². The van der Waals surface area contributed by atoms with Crippen molar-refractivity contribution >= 4 is 23.1 Å². The first-order valence-electron chi connectivity index (χ1n) is 7.60. The number of benzene rings is 2. The van der Waals surface area contributed by atoms with Crippen LogP contribution in [0.1, 0.15) is 21.5 Å². The van der Waals surface area contributed by atoms with E-state index in [1.54, 1.807) is 12.1 Å². The molecule has 0 unspecified atom stereocenters. The SMILES string of the molecule is COC(=O)c1ccc2c(c1)C(Cc1ccccc1)=C/C(=C/Cl)CO2. The highest BCUT2D eigenvalue weighted by Gasteiger charge is 2.18. The van der Waals surface area contributed by atoms with Gasteiger partial charge in [0.1, 0.15) is 12.4 Å². The van der Waals surface area contributed by atoms with E-state index in [0.717, 1.165) is 28.9 Å². The second kappa shape index (κ2) is 7.37. The van der Waals surface area contributed by atoms with Gasteiger partial charge < -0.3 is 9.47 Å². The number of hydrogen-bond donors (Lipinski definition) is 0. The van der Waals surface area contributed by atoms with Gasteiger partial charge in [0.05, 0.1) is 12.7 Å². The zero-order chi connectivity index (χ0) is 16.9. The largest absolute Gasteiger partial charge is 0.488 e. The minimum absolute atomic E-state index is 0.366. The molecule has 3 rings (SSSR count). The Kier molecular flexibility index (Phi) is 5.02. The van der Waals surface area contributed by atoms with Crippen LogP contribution in [0.3, 0.4) is 0 Å². The van der Waals surface area contributed by atoms with Crippen molar-refractivity contribution in [1.82, 2.24) is 0 Å². The normalized spacial score (nSPS) is 15.1. The molecule has 0 amide bonds. The Hall–Kier alpha value is -2.52. The Balaban J connectivity index is 2.07. The summed E-state index contributed by atoms with van der Waals surface area (Å²) in [5.41, 5.74) is 6.02. The maximum Gasteiger partial charge on any atom is 0.337 e. The second-order valence-electron chi connectivity index (χ2n) is 5.51. The number of esters is 1. The van der Waals surface area contributed by atoms with Gasteiger partial charge in [-0.2, -0.15) is 0 Å². The van der Waals surface area contributed by atoms with Gasteiger partial charge in [-0.3, -0.25) is 0 Å². The molecule has 0 aromatic heterocycles. The van der Waals surface area contributed by atoms with Crippen LogP contribution in [0.4, 0.5) is 0 Å². The first-order chi connectivity index (χ1) is 11.7. The van der Waals surface area contributed by atoms with Crippen LogP contribution < -0.4 is 4.74 Å². The van der Waals surface area contributed by atoms with E-state index >= 15 is 0 Å². The van der Waals surface area contributed by atoms with Crippen molar-refractivity contribution in [2.24, 2.45) is 0 Å². The number of hydrogen-bond acceptors (Lipinski definition) is 3. The molecule has 2 aromatic rings. The van der Waals surface area contributed by atoms with Crippen molar-refractivity contribution < 1.29 is 14.3 Å². The lowest BCUT2D eigenvalue weighted by Crippen LogP contribution is -2.04. The molecule has 1 aliphatic rings. The maximum atomic E-state index is 11.9. The van der Waals surface area contributed by atoms with E-state index in [4.69, 9.17) is 21.1 Å². The number of ether oxygens (including phenoxy) is 2. The molecule has 0 saturated heterocycles. The first-order valence-corrected chi connectivity index (χ1v) is 8.04. The van der Waals surface area contributed by atoms with Crippen LogP contribution in [0, 0.1) is 0 Å². The van der Waals surface area contributed by atoms with E-state index in [1.165, 1.54) is 18.2 Å². The van der Waals surface area contributed by atoms with Gasteiger partial charge in [0.15, 0.2) is 0 Å². The van der Waals surface area contributed by atoms with Gasteiger partial charge in [-0.1, -0.05) is 48.0 Å². The van der Waals surface area contributed by atoms with Crippen LogP contribution in [-0.2, 0) is 11.2 Å². The van der Waals surface area contributed by atoms with Crippen molar-refractivity contribution in [2.45, 2.75) is 6.42 Å². The fourth-order valence-corrected chi connectivity index (χ4v) is 2.81. The summed E-state index contributed by atoms with van der Waals surface area (Å²) in [7, 11) is 1.37. The van der Waals surface area contributed by atoms with Crippen LogP contribution in [0.15, 0.2) is 65.7 Å². The van der Waals surface area contributed by atoms with Gasteiger partial charge in [-0.15, -0.1) is 0 Å². The number of carbonyl (C=O) groups excluding carboxylic acids is 1. The highest BCUT2D eigenvalue weighted by Crippen LogP contribution is 2.34. The van der Waals surface area contributed by atoms with Crippen LogP contribution in [0.5, 0.6) is 5.75 Å². The van der Waals surface area contributed by atoms with E-state index in [9.17, 15) is 4.79 Å². The van der Waals surface area contributed by atoms with Gasteiger partial charge in [0.2, 0.25) is 0 Å². The number of rotatable bonds is 3. The van der Waals surface area contributed by atoms with E-state index < -0.39 is 0 Å². The molecule has 0 bridgehead atoms. The highest BCUT2D eigenvalue weighted by atomic mass is 35.5. The molecule has 4 heteroatoms. The Morgan fingerprint density at radius 2 is 2.04 bits per heavy atom. The Morgan fingerprint density at radius 3 is 2.75 bits per heavy atom. The average Bonchev–Trinajstić information content (AvgIpc) is 2.81. The molecule has 0 saturated carbocycles. The molecule has 0 radical (unpaired) electrons. The molecule has 1 heterocycles. The topological polar surface area (TPSA) is 35.5 Å². The minimum atomic E-state index is -0.366. The number of allylic oxidation sites excluding steroid dienone is 1. The van der Waals surface area contributed by atoms with Crippen molar-refractivity contribution in [3.8, 4) is 5.75 Å². The van der Waals surface area contributed by atoms with Crippen LogP contribution in [0.25, 0.3) is 5.57 Å². The summed E-state index contributed by atoms with van der Waals surface area (Å²) in [5.74, 6) is 0.368. The fourth-order valence-electron chi connectivity index (χ4n) is 2.68. The lowest BCUT2D eigenvalue weighted by Gasteiger charge is -2.12. The van der Waals surface area contributed by atoms with Crippen molar-refractivity contribution in [1.29, 1.82) is 0 Å². The maximum absolute atomic E-state index is 11.9. The molecule has 0 N–H and O–H groups in total. The van der Waals surface area contributed by atoms with Crippen LogP contribution in [-0.4, -0.2) is 19.7 Å². The highest BCUT2D eigenvalue weighted by molar-refractivity contribution is 6.26. The summed E-state index contributed by atoms with van der Waals surface area (Å²) >= 11 is 5.91. The lowest BCUT2D eigenvalue weighted by molar-refractivity contribution is 0.0600. The van der Waals surface area contributed by atoms with Crippen molar-refractivity contribution in [3.63, 3.8) is 0 Å². The molecule has 24 heavy (non-hydrogen) atoms. The third kappa shape index (κ3) is 3.52. The third-order valence-electron chi connectivity index (χ3n) is 3.88. The molecule has 0 atom stereocenters.